The van der Waals surface area contributed by atoms with Crippen molar-refractivity contribution in [3.63, 3.8) is 0 Å². The van der Waals surface area contributed by atoms with Crippen molar-refractivity contribution in [2.45, 2.75) is 31.7 Å². The zero-order chi connectivity index (χ0) is 17.8. The molecule has 1 aliphatic heterocycles. The summed E-state index contributed by atoms with van der Waals surface area (Å²) in [6.07, 6.45) is 9.51. The van der Waals surface area contributed by atoms with Crippen LogP contribution in [0, 0.1) is 5.82 Å². The fourth-order valence-corrected chi connectivity index (χ4v) is 3.46. The van der Waals surface area contributed by atoms with Crippen molar-refractivity contribution < 1.29 is 8.81 Å². The van der Waals surface area contributed by atoms with E-state index in [1.54, 1.807) is 36.9 Å². The minimum atomic E-state index is -0.210. The SMILES string of the molecule is Fc1ccccc1Cc1cnc([C@H]2CCCN(Cc3cnccn3)C2)o1. The average molecular weight is 352 g/mol. The second kappa shape index (κ2) is 7.74. The molecule has 6 heteroatoms. The van der Waals surface area contributed by atoms with Crippen LogP contribution in [-0.4, -0.2) is 32.9 Å². The van der Waals surface area contributed by atoms with Crippen LogP contribution in [0.3, 0.4) is 0 Å². The number of halogens is 1. The van der Waals surface area contributed by atoms with Gasteiger partial charge in [-0.1, -0.05) is 18.2 Å². The van der Waals surface area contributed by atoms with Crippen LogP contribution < -0.4 is 0 Å². The van der Waals surface area contributed by atoms with Gasteiger partial charge in [0.2, 0.25) is 0 Å². The highest BCUT2D eigenvalue weighted by molar-refractivity contribution is 5.21. The number of likely N-dealkylation sites (tertiary alicyclic amines) is 1. The molecule has 26 heavy (non-hydrogen) atoms. The Morgan fingerprint density at radius 2 is 2.08 bits per heavy atom. The number of nitrogens with zero attached hydrogens (tertiary/aromatic N) is 4. The molecule has 0 spiro atoms. The molecule has 5 nitrogen and oxygen atoms in total. The minimum Gasteiger partial charge on any atom is -0.445 e. The summed E-state index contributed by atoms with van der Waals surface area (Å²) < 4.78 is 19.8. The first-order valence-electron chi connectivity index (χ1n) is 8.93. The Morgan fingerprint density at radius 3 is 2.92 bits per heavy atom. The minimum absolute atomic E-state index is 0.210. The van der Waals surface area contributed by atoms with Gasteiger partial charge >= 0.3 is 0 Å². The van der Waals surface area contributed by atoms with E-state index in [2.05, 4.69) is 19.9 Å². The quantitative estimate of drug-likeness (QED) is 0.703. The number of piperidine rings is 1. The molecule has 3 heterocycles. The maximum Gasteiger partial charge on any atom is 0.198 e. The lowest BCUT2D eigenvalue weighted by molar-refractivity contribution is 0.183. The Labute approximate surface area is 151 Å². The van der Waals surface area contributed by atoms with Gasteiger partial charge in [0.1, 0.15) is 11.6 Å². The van der Waals surface area contributed by atoms with E-state index in [9.17, 15) is 4.39 Å². The van der Waals surface area contributed by atoms with Crippen molar-refractivity contribution in [1.82, 2.24) is 19.9 Å². The molecular weight excluding hydrogens is 331 g/mol. The van der Waals surface area contributed by atoms with Crippen LogP contribution >= 0.6 is 0 Å². The Kier molecular flexibility index (Phi) is 5.02. The largest absolute Gasteiger partial charge is 0.445 e. The fourth-order valence-electron chi connectivity index (χ4n) is 3.46. The van der Waals surface area contributed by atoms with Gasteiger partial charge in [0.25, 0.3) is 0 Å². The van der Waals surface area contributed by atoms with Gasteiger partial charge in [-0.2, -0.15) is 0 Å². The Morgan fingerprint density at radius 1 is 1.15 bits per heavy atom. The van der Waals surface area contributed by atoms with Crippen molar-refractivity contribution in [2.24, 2.45) is 0 Å². The molecule has 1 aromatic carbocycles. The first-order valence-corrected chi connectivity index (χ1v) is 8.93. The number of hydrogen-bond donors (Lipinski definition) is 0. The Balaban J connectivity index is 1.41. The summed E-state index contributed by atoms with van der Waals surface area (Å²) in [4.78, 5) is 15.3. The third kappa shape index (κ3) is 3.96. The van der Waals surface area contributed by atoms with E-state index in [-0.39, 0.29) is 11.7 Å². The average Bonchev–Trinajstić information content (AvgIpc) is 3.13. The lowest BCUT2D eigenvalue weighted by Gasteiger charge is -2.30. The molecule has 0 radical (unpaired) electrons. The zero-order valence-electron chi connectivity index (χ0n) is 14.5. The molecule has 0 bridgehead atoms. The summed E-state index contributed by atoms with van der Waals surface area (Å²) in [5, 5.41) is 0. The highest BCUT2D eigenvalue weighted by Crippen LogP contribution is 2.28. The van der Waals surface area contributed by atoms with Crippen LogP contribution in [0.2, 0.25) is 0 Å². The summed E-state index contributed by atoms with van der Waals surface area (Å²) in [5.74, 6) is 1.50. The zero-order valence-corrected chi connectivity index (χ0v) is 14.5. The number of rotatable bonds is 5. The number of aromatic nitrogens is 3. The van der Waals surface area contributed by atoms with Crippen LogP contribution in [0.1, 0.15) is 41.7 Å². The molecule has 1 fully saturated rings. The first-order chi connectivity index (χ1) is 12.8. The number of hydrogen-bond acceptors (Lipinski definition) is 5. The van der Waals surface area contributed by atoms with Crippen LogP contribution in [0.25, 0.3) is 0 Å². The van der Waals surface area contributed by atoms with Crippen LogP contribution in [0.4, 0.5) is 4.39 Å². The van der Waals surface area contributed by atoms with E-state index >= 15 is 0 Å². The van der Waals surface area contributed by atoms with E-state index in [4.69, 9.17) is 4.42 Å². The fraction of sp³-hybridized carbons (Fsp3) is 0.350. The van der Waals surface area contributed by atoms with Crippen molar-refractivity contribution in [3.8, 4) is 0 Å². The molecule has 0 aliphatic carbocycles. The molecule has 1 atom stereocenters. The normalized spacial score (nSPS) is 18.1. The summed E-state index contributed by atoms with van der Waals surface area (Å²) in [6, 6.07) is 6.78. The molecule has 1 saturated heterocycles. The second-order valence-corrected chi connectivity index (χ2v) is 6.70. The first kappa shape index (κ1) is 16.8. The van der Waals surface area contributed by atoms with Gasteiger partial charge in [-0.15, -0.1) is 0 Å². The van der Waals surface area contributed by atoms with Crippen LogP contribution in [-0.2, 0) is 13.0 Å². The van der Waals surface area contributed by atoms with Gasteiger partial charge < -0.3 is 4.42 Å². The molecule has 0 N–H and O–H groups in total. The summed E-state index contributed by atoms with van der Waals surface area (Å²) in [7, 11) is 0. The Bertz CT molecular complexity index is 852. The molecule has 4 rings (SSSR count). The molecule has 1 aliphatic rings. The van der Waals surface area contributed by atoms with E-state index in [0.29, 0.717) is 17.7 Å². The van der Waals surface area contributed by atoms with Gasteiger partial charge in [-0.05, 0) is 31.0 Å². The predicted octanol–water partition coefficient (Wildman–Crippen LogP) is 3.57. The van der Waals surface area contributed by atoms with E-state index in [0.717, 1.165) is 44.1 Å². The highest BCUT2D eigenvalue weighted by Gasteiger charge is 2.25. The van der Waals surface area contributed by atoms with Gasteiger partial charge in [0.05, 0.1) is 11.9 Å². The Hall–Kier alpha value is -2.60. The van der Waals surface area contributed by atoms with E-state index in [1.807, 2.05) is 6.07 Å². The third-order valence-electron chi connectivity index (χ3n) is 4.75. The maximum absolute atomic E-state index is 13.8. The summed E-state index contributed by atoms with van der Waals surface area (Å²) in [6.45, 7) is 2.71. The van der Waals surface area contributed by atoms with Crippen molar-refractivity contribution in [2.75, 3.05) is 13.1 Å². The van der Waals surface area contributed by atoms with Crippen molar-refractivity contribution in [3.05, 3.63) is 77.8 Å². The monoisotopic (exact) mass is 352 g/mol. The molecule has 2 aromatic heterocycles. The predicted molar refractivity (Wildman–Crippen MR) is 95.0 cm³/mol. The maximum atomic E-state index is 13.8. The lowest BCUT2D eigenvalue weighted by atomic mass is 9.98. The third-order valence-corrected chi connectivity index (χ3v) is 4.75. The number of oxazole rings is 1. The van der Waals surface area contributed by atoms with E-state index < -0.39 is 0 Å². The lowest BCUT2D eigenvalue weighted by Crippen LogP contribution is -2.34. The topological polar surface area (TPSA) is 55.1 Å². The van der Waals surface area contributed by atoms with Crippen LogP contribution in [0.5, 0.6) is 0 Å². The van der Waals surface area contributed by atoms with Crippen molar-refractivity contribution >= 4 is 0 Å². The molecule has 0 unspecified atom stereocenters. The van der Waals surface area contributed by atoms with Gasteiger partial charge in [0.15, 0.2) is 5.89 Å². The number of benzene rings is 1. The highest BCUT2D eigenvalue weighted by atomic mass is 19.1. The molecule has 3 aromatic rings. The van der Waals surface area contributed by atoms with Gasteiger partial charge in [0, 0.05) is 44.0 Å². The van der Waals surface area contributed by atoms with Gasteiger partial charge in [-0.3, -0.25) is 14.9 Å². The summed E-state index contributed by atoms with van der Waals surface area (Å²) >= 11 is 0. The molecule has 0 saturated carbocycles. The van der Waals surface area contributed by atoms with Crippen molar-refractivity contribution in [1.29, 1.82) is 0 Å². The molecule has 134 valence electrons. The standard InChI is InChI=1S/C20H21FN4O/c21-19-6-2-1-4-15(19)10-18-12-24-20(26-18)16-5-3-9-25(13-16)14-17-11-22-7-8-23-17/h1-2,4,6-8,11-12,16H,3,5,9-10,13-14H2/t16-/m0/s1. The van der Waals surface area contributed by atoms with Crippen LogP contribution in [0.15, 0.2) is 53.5 Å². The summed E-state index contributed by atoms with van der Waals surface area (Å²) in [5.41, 5.74) is 1.60. The molecular formula is C20H21FN4O. The second-order valence-electron chi connectivity index (χ2n) is 6.70. The molecule has 0 amide bonds. The smallest absolute Gasteiger partial charge is 0.198 e. The van der Waals surface area contributed by atoms with Gasteiger partial charge in [-0.25, -0.2) is 9.37 Å². The van der Waals surface area contributed by atoms with E-state index in [1.165, 1.54) is 6.07 Å².